The monoisotopic (exact) mass is 419 g/mol. The van der Waals surface area contributed by atoms with Crippen molar-refractivity contribution in [2.45, 2.75) is 44.9 Å². The smallest absolute Gasteiger partial charge is 0.311 e. The number of carbonyl (C=O) groups excluding carboxylic acids is 1. The predicted molar refractivity (Wildman–Crippen MR) is 121 cm³/mol. The van der Waals surface area contributed by atoms with Gasteiger partial charge in [-0.15, -0.1) is 0 Å². The van der Waals surface area contributed by atoms with E-state index in [-0.39, 0.29) is 5.97 Å². The standard InChI is InChI=1S/C26H29NO4/c1-29-24-14-11-21(17-25(24)30-2)22(18-27)16-20-8-12-23(13-9-20)31-26(28)15-10-19-6-4-3-5-7-19/h8-9,11-14,16-17,19H,3-7,10,15H2,1-2H3/b22-16-. The van der Waals surface area contributed by atoms with Gasteiger partial charge in [-0.05, 0) is 59.9 Å². The topological polar surface area (TPSA) is 68.5 Å². The Morgan fingerprint density at radius 2 is 1.74 bits per heavy atom. The average Bonchev–Trinajstić information content (AvgIpc) is 2.82. The first-order chi connectivity index (χ1) is 15.1. The second kappa shape index (κ2) is 11.2. The summed E-state index contributed by atoms with van der Waals surface area (Å²) in [6, 6.07) is 14.8. The summed E-state index contributed by atoms with van der Waals surface area (Å²) in [7, 11) is 3.13. The molecule has 0 amide bonds. The van der Waals surface area contributed by atoms with E-state index < -0.39 is 0 Å². The fourth-order valence-electron chi connectivity index (χ4n) is 3.96. The molecule has 2 aromatic rings. The lowest BCUT2D eigenvalue weighted by Gasteiger charge is -2.20. The van der Waals surface area contributed by atoms with Crippen LogP contribution in [0.4, 0.5) is 0 Å². The van der Waals surface area contributed by atoms with Gasteiger partial charge in [0.05, 0.1) is 25.9 Å². The first kappa shape index (κ1) is 22.4. The van der Waals surface area contributed by atoms with Crippen LogP contribution in [0.5, 0.6) is 17.2 Å². The third kappa shape index (κ3) is 6.36. The molecule has 1 aliphatic carbocycles. The summed E-state index contributed by atoms with van der Waals surface area (Å²) in [4.78, 5) is 12.2. The van der Waals surface area contributed by atoms with Crippen molar-refractivity contribution in [1.29, 1.82) is 5.26 Å². The molecule has 0 radical (unpaired) electrons. The SMILES string of the molecule is COc1ccc(/C(C#N)=C\c2ccc(OC(=O)CCC3CCCCC3)cc2)cc1OC. The fraction of sp³-hybridized carbons (Fsp3) is 0.385. The highest BCUT2D eigenvalue weighted by Gasteiger charge is 2.15. The predicted octanol–water partition coefficient (Wildman–Crippen LogP) is 6.03. The Morgan fingerprint density at radius 1 is 1.03 bits per heavy atom. The van der Waals surface area contributed by atoms with E-state index in [0.717, 1.165) is 17.5 Å². The second-order valence-electron chi connectivity index (χ2n) is 7.83. The lowest BCUT2D eigenvalue weighted by atomic mass is 9.86. The number of carbonyl (C=O) groups is 1. The summed E-state index contributed by atoms with van der Waals surface area (Å²) in [5.41, 5.74) is 2.07. The lowest BCUT2D eigenvalue weighted by molar-refractivity contribution is -0.134. The van der Waals surface area contributed by atoms with Gasteiger partial charge in [0.1, 0.15) is 5.75 Å². The molecule has 3 rings (SSSR count). The van der Waals surface area contributed by atoms with Gasteiger partial charge >= 0.3 is 5.97 Å². The van der Waals surface area contributed by atoms with Crippen LogP contribution in [0.15, 0.2) is 42.5 Å². The summed E-state index contributed by atoms with van der Waals surface area (Å²) in [6.07, 6.45) is 9.51. The zero-order chi connectivity index (χ0) is 22.1. The van der Waals surface area contributed by atoms with Gasteiger partial charge in [0.15, 0.2) is 11.5 Å². The van der Waals surface area contributed by atoms with Gasteiger partial charge in [-0.2, -0.15) is 5.26 Å². The second-order valence-corrected chi connectivity index (χ2v) is 7.83. The van der Waals surface area contributed by atoms with Crippen LogP contribution >= 0.6 is 0 Å². The van der Waals surface area contributed by atoms with E-state index in [1.807, 2.05) is 18.2 Å². The minimum absolute atomic E-state index is 0.183. The number of methoxy groups -OCH3 is 2. The minimum Gasteiger partial charge on any atom is -0.493 e. The van der Waals surface area contributed by atoms with Crippen molar-refractivity contribution in [3.63, 3.8) is 0 Å². The molecule has 0 aliphatic heterocycles. The molecule has 0 saturated heterocycles. The number of rotatable bonds is 8. The molecule has 1 aliphatic rings. The van der Waals surface area contributed by atoms with Crippen molar-refractivity contribution in [3.05, 3.63) is 53.6 Å². The minimum atomic E-state index is -0.183. The number of hydrogen-bond acceptors (Lipinski definition) is 5. The molecular weight excluding hydrogens is 390 g/mol. The number of allylic oxidation sites excluding steroid dienone is 1. The summed E-state index contributed by atoms with van der Waals surface area (Å²) in [5, 5.41) is 9.61. The van der Waals surface area contributed by atoms with E-state index in [4.69, 9.17) is 14.2 Å². The van der Waals surface area contributed by atoms with Crippen LogP contribution in [-0.2, 0) is 4.79 Å². The van der Waals surface area contributed by atoms with Gasteiger partial charge in [0.25, 0.3) is 0 Å². The van der Waals surface area contributed by atoms with Crippen molar-refractivity contribution in [2.24, 2.45) is 5.92 Å². The summed E-state index contributed by atoms with van der Waals surface area (Å²) >= 11 is 0. The molecular formula is C26H29NO4. The number of hydrogen-bond donors (Lipinski definition) is 0. The number of ether oxygens (including phenoxy) is 3. The van der Waals surface area contributed by atoms with Crippen LogP contribution < -0.4 is 14.2 Å². The molecule has 0 unspecified atom stereocenters. The van der Waals surface area contributed by atoms with Gasteiger partial charge in [-0.1, -0.05) is 44.2 Å². The third-order valence-corrected chi connectivity index (χ3v) is 5.72. The maximum absolute atomic E-state index is 12.2. The molecule has 0 bridgehead atoms. The first-order valence-corrected chi connectivity index (χ1v) is 10.8. The quantitative estimate of drug-likeness (QED) is 0.226. The largest absolute Gasteiger partial charge is 0.493 e. The summed E-state index contributed by atoms with van der Waals surface area (Å²) in [6.45, 7) is 0. The van der Waals surface area contributed by atoms with Crippen molar-refractivity contribution < 1.29 is 19.0 Å². The molecule has 5 heteroatoms. The number of benzene rings is 2. The number of esters is 1. The van der Waals surface area contributed by atoms with Gasteiger partial charge in [0.2, 0.25) is 0 Å². The van der Waals surface area contributed by atoms with E-state index in [2.05, 4.69) is 6.07 Å². The maximum Gasteiger partial charge on any atom is 0.311 e. The first-order valence-electron chi connectivity index (χ1n) is 10.8. The molecule has 0 spiro atoms. The van der Waals surface area contributed by atoms with Gasteiger partial charge in [0, 0.05) is 6.42 Å². The summed E-state index contributed by atoms with van der Waals surface area (Å²) in [5.74, 6) is 2.18. The van der Waals surface area contributed by atoms with E-state index in [0.29, 0.717) is 35.2 Å². The molecule has 31 heavy (non-hydrogen) atoms. The van der Waals surface area contributed by atoms with Crippen LogP contribution in [0.2, 0.25) is 0 Å². The Bertz CT molecular complexity index is 950. The lowest BCUT2D eigenvalue weighted by Crippen LogP contribution is -2.12. The zero-order valence-electron chi connectivity index (χ0n) is 18.2. The van der Waals surface area contributed by atoms with Crippen LogP contribution in [0.25, 0.3) is 11.6 Å². The van der Waals surface area contributed by atoms with Crippen LogP contribution in [0.1, 0.15) is 56.1 Å². The Morgan fingerprint density at radius 3 is 2.39 bits per heavy atom. The van der Waals surface area contributed by atoms with E-state index >= 15 is 0 Å². The number of nitrogens with zero attached hydrogens (tertiary/aromatic N) is 1. The van der Waals surface area contributed by atoms with Gasteiger partial charge in [-0.3, -0.25) is 4.79 Å². The van der Waals surface area contributed by atoms with E-state index in [1.165, 1.54) is 32.1 Å². The van der Waals surface area contributed by atoms with Crippen LogP contribution in [0, 0.1) is 17.2 Å². The van der Waals surface area contributed by atoms with Crippen LogP contribution in [0.3, 0.4) is 0 Å². The molecule has 0 aromatic heterocycles. The Hall–Kier alpha value is -3.26. The zero-order valence-corrected chi connectivity index (χ0v) is 18.2. The molecule has 0 heterocycles. The molecule has 5 nitrogen and oxygen atoms in total. The molecule has 0 atom stereocenters. The Balaban J connectivity index is 1.62. The average molecular weight is 420 g/mol. The molecule has 1 fully saturated rings. The third-order valence-electron chi connectivity index (χ3n) is 5.72. The Kier molecular flexibility index (Phi) is 8.12. The Labute approximate surface area is 184 Å². The van der Waals surface area contributed by atoms with Crippen molar-refractivity contribution in [1.82, 2.24) is 0 Å². The van der Waals surface area contributed by atoms with Crippen molar-refractivity contribution >= 4 is 17.6 Å². The molecule has 2 aromatic carbocycles. The highest BCUT2D eigenvalue weighted by molar-refractivity contribution is 5.90. The molecule has 0 N–H and O–H groups in total. The molecule has 1 saturated carbocycles. The highest BCUT2D eigenvalue weighted by atomic mass is 16.5. The van der Waals surface area contributed by atoms with Crippen molar-refractivity contribution in [3.8, 4) is 23.3 Å². The van der Waals surface area contributed by atoms with Gasteiger partial charge < -0.3 is 14.2 Å². The van der Waals surface area contributed by atoms with Crippen LogP contribution in [-0.4, -0.2) is 20.2 Å². The highest BCUT2D eigenvalue weighted by Crippen LogP contribution is 2.31. The van der Waals surface area contributed by atoms with Crippen molar-refractivity contribution in [2.75, 3.05) is 14.2 Å². The number of nitriles is 1. The normalized spacial score (nSPS) is 14.5. The molecule has 162 valence electrons. The fourth-order valence-corrected chi connectivity index (χ4v) is 3.96. The van der Waals surface area contributed by atoms with E-state index in [1.54, 1.807) is 44.6 Å². The summed E-state index contributed by atoms with van der Waals surface area (Å²) < 4.78 is 16.1. The maximum atomic E-state index is 12.2. The van der Waals surface area contributed by atoms with Gasteiger partial charge in [-0.25, -0.2) is 0 Å². The van der Waals surface area contributed by atoms with E-state index in [9.17, 15) is 10.1 Å².